The number of nitrogens with zero attached hydrogens (tertiary/aromatic N) is 2. The zero-order valence-electron chi connectivity index (χ0n) is 8.95. The van der Waals surface area contributed by atoms with E-state index in [2.05, 4.69) is 9.97 Å². The summed E-state index contributed by atoms with van der Waals surface area (Å²) in [7, 11) is 0. The zero-order chi connectivity index (χ0) is 11.2. The van der Waals surface area contributed by atoms with E-state index >= 15 is 0 Å². The molecular formula is C13H14N2O. The first-order chi connectivity index (χ1) is 7.84. The van der Waals surface area contributed by atoms with Crippen molar-refractivity contribution in [1.29, 1.82) is 0 Å². The van der Waals surface area contributed by atoms with E-state index in [-0.39, 0.29) is 6.10 Å². The van der Waals surface area contributed by atoms with Crippen LogP contribution < -0.4 is 0 Å². The van der Waals surface area contributed by atoms with Crippen molar-refractivity contribution in [2.24, 2.45) is 0 Å². The second-order valence-electron chi connectivity index (χ2n) is 3.79. The minimum Gasteiger partial charge on any atom is -0.392 e. The van der Waals surface area contributed by atoms with Gasteiger partial charge in [-0.05, 0) is 17.5 Å². The van der Waals surface area contributed by atoms with Crippen molar-refractivity contribution in [1.82, 2.24) is 9.97 Å². The second kappa shape index (κ2) is 5.37. The third-order valence-corrected chi connectivity index (χ3v) is 2.40. The molecule has 1 aromatic carbocycles. The standard InChI is InChI=1S/C13H14N2O/c16-13(6-11-4-2-1-3-5-11)7-12-8-14-10-15-9-12/h1-5,8-10,13,16H,6-7H2. The maximum Gasteiger partial charge on any atom is 0.115 e. The molecule has 2 aromatic rings. The lowest BCUT2D eigenvalue weighted by Crippen LogP contribution is -2.14. The SMILES string of the molecule is OC(Cc1ccccc1)Cc1cncnc1. The minimum atomic E-state index is -0.381. The molecule has 0 fully saturated rings. The molecule has 1 aromatic heterocycles. The maximum absolute atomic E-state index is 9.90. The van der Waals surface area contributed by atoms with Gasteiger partial charge in [-0.2, -0.15) is 0 Å². The lowest BCUT2D eigenvalue weighted by atomic mass is 10.0. The molecule has 1 N–H and O–H groups in total. The van der Waals surface area contributed by atoms with Crippen molar-refractivity contribution < 1.29 is 5.11 Å². The summed E-state index contributed by atoms with van der Waals surface area (Å²) >= 11 is 0. The van der Waals surface area contributed by atoms with Crippen molar-refractivity contribution in [3.05, 3.63) is 60.2 Å². The Balaban J connectivity index is 1.92. The maximum atomic E-state index is 9.90. The highest BCUT2D eigenvalue weighted by Crippen LogP contribution is 2.07. The fraction of sp³-hybridized carbons (Fsp3) is 0.231. The number of rotatable bonds is 4. The normalized spacial score (nSPS) is 12.3. The molecular weight excluding hydrogens is 200 g/mol. The molecule has 82 valence electrons. The Labute approximate surface area is 94.8 Å². The van der Waals surface area contributed by atoms with Gasteiger partial charge in [0.1, 0.15) is 6.33 Å². The fourth-order valence-electron chi connectivity index (χ4n) is 1.67. The van der Waals surface area contributed by atoms with Crippen LogP contribution in [0, 0.1) is 0 Å². The predicted octanol–water partition coefficient (Wildman–Crippen LogP) is 1.62. The Hall–Kier alpha value is -1.74. The van der Waals surface area contributed by atoms with Gasteiger partial charge < -0.3 is 5.11 Å². The quantitative estimate of drug-likeness (QED) is 0.841. The highest BCUT2D eigenvalue weighted by molar-refractivity contribution is 5.16. The van der Waals surface area contributed by atoms with Crippen molar-refractivity contribution in [2.45, 2.75) is 18.9 Å². The average molecular weight is 214 g/mol. The van der Waals surface area contributed by atoms with Crippen LogP contribution in [0.15, 0.2) is 49.1 Å². The van der Waals surface area contributed by atoms with Crippen molar-refractivity contribution in [2.75, 3.05) is 0 Å². The smallest absolute Gasteiger partial charge is 0.115 e. The van der Waals surface area contributed by atoms with Crippen molar-refractivity contribution in [3.63, 3.8) is 0 Å². The van der Waals surface area contributed by atoms with E-state index in [1.807, 2.05) is 30.3 Å². The Kier molecular flexibility index (Phi) is 3.62. The van der Waals surface area contributed by atoms with Gasteiger partial charge in [0.05, 0.1) is 6.10 Å². The van der Waals surface area contributed by atoms with Gasteiger partial charge in [-0.1, -0.05) is 30.3 Å². The first-order valence-corrected chi connectivity index (χ1v) is 5.30. The molecule has 16 heavy (non-hydrogen) atoms. The number of benzene rings is 1. The molecule has 0 saturated heterocycles. The molecule has 0 aliphatic carbocycles. The molecule has 1 unspecified atom stereocenters. The lowest BCUT2D eigenvalue weighted by molar-refractivity contribution is 0.175. The summed E-state index contributed by atoms with van der Waals surface area (Å²) in [6, 6.07) is 9.97. The van der Waals surface area contributed by atoms with Gasteiger partial charge in [0.2, 0.25) is 0 Å². The van der Waals surface area contributed by atoms with E-state index in [9.17, 15) is 5.11 Å². The first-order valence-electron chi connectivity index (χ1n) is 5.30. The molecule has 3 heteroatoms. The minimum absolute atomic E-state index is 0.381. The van der Waals surface area contributed by atoms with Gasteiger partial charge in [-0.3, -0.25) is 0 Å². The van der Waals surface area contributed by atoms with Gasteiger partial charge in [-0.15, -0.1) is 0 Å². The van der Waals surface area contributed by atoms with E-state index in [1.54, 1.807) is 12.4 Å². The van der Waals surface area contributed by atoms with Crippen LogP contribution in [0.2, 0.25) is 0 Å². The van der Waals surface area contributed by atoms with Crippen LogP contribution in [0.5, 0.6) is 0 Å². The molecule has 1 atom stereocenters. The van der Waals surface area contributed by atoms with E-state index in [0.29, 0.717) is 12.8 Å². The van der Waals surface area contributed by atoms with Crippen LogP contribution in [-0.2, 0) is 12.8 Å². The van der Waals surface area contributed by atoms with Crippen LogP contribution in [0.4, 0.5) is 0 Å². The topological polar surface area (TPSA) is 46.0 Å². The summed E-state index contributed by atoms with van der Waals surface area (Å²) in [4.78, 5) is 7.85. The predicted molar refractivity (Wildman–Crippen MR) is 61.9 cm³/mol. The Morgan fingerprint density at radius 1 is 0.938 bits per heavy atom. The van der Waals surface area contributed by atoms with Crippen LogP contribution in [0.25, 0.3) is 0 Å². The zero-order valence-corrected chi connectivity index (χ0v) is 8.95. The van der Waals surface area contributed by atoms with Gasteiger partial charge in [0.25, 0.3) is 0 Å². The molecule has 0 radical (unpaired) electrons. The Morgan fingerprint density at radius 3 is 2.25 bits per heavy atom. The highest BCUT2D eigenvalue weighted by atomic mass is 16.3. The number of hydrogen-bond acceptors (Lipinski definition) is 3. The second-order valence-corrected chi connectivity index (χ2v) is 3.79. The van der Waals surface area contributed by atoms with Crippen molar-refractivity contribution in [3.8, 4) is 0 Å². The summed E-state index contributed by atoms with van der Waals surface area (Å²) in [6.07, 6.45) is 5.84. The number of aromatic nitrogens is 2. The van der Waals surface area contributed by atoms with Gasteiger partial charge in [0.15, 0.2) is 0 Å². The molecule has 0 aliphatic heterocycles. The highest BCUT2D eigenvalue weighted by Gasteiger charge is 2.06. The third kappa shape index (κ3) is 3.14. The van der Waals surface area contributed by atoms with E-state index in [0.717, 1.165) is 11.1 Å². The van der Waals surface area contributed by atoms with E-state index in [1.165, 1.54) is 6.33 Å². The lowest BCUT2D eigenvalue weighted by Gasteiger charge is -2.09. The van der Waals surface area contributed by atoms with Gasteiger partial charge in [0, 0.05) is 18.8 Å². The molecule has 2 rings (SSSR count). The average Bonchev–Trinajstić information content (AvgIpc) is 2.31. The monoisotopic (exact) mass is 214 g/mol. The van der Waals surface area contributed by atoms with Crippen LogP contribution >= 0.6 is 0 Å². The van der Waals surface area contributed by atoms with Crippen LogP contribution in [-0.4, -0.2) is 21.2 Å². The van der Waals surface area contributed by atoms with E-state index in [4.69, 9.17) is 0 Å². The number of aliphatic hydroxyl groups is 1. The first kappa shape index (κ1) is 10.8. The molecule has 0 saturated carbocycles. The number of hydrogen-bond donors (Lipinski definition) is 1. The Bertz CT molecular complexity index is 375. The van der Waals surface area contributed by atoms with Crippen LogP contribution in [0.1, 0.15) is 11.1 Å². The fourth-order valence-corrected chi connectivity index (χ4v) is 1.67. The molecule has 0 spiro atoms. The summed E-state index contributed by atoms with van der Waals surface area (Å²) < 4.78 is 0. The van der Waals surface area contributed by atoms with Crippen LogP contribution in [0.3, 0.4) is 0 Å². The molecule has 0 bridgehead atoms. The largest absolute Gasteiger partial charge is 0.392 e. The summed E-state index contributed by atoms with van der Waals surface area (Å²) in [5.41, 5.74) is 2.11. The van der Waals surface area contributed by atoms with Gasteiger partial charge in [-0.25, -0.2) is 9.97 Å². The molecule has 0 aliphatic rings. The van der Waals surface area contributed by atoms with Crippen molar-refractivity contribution >= 4 is 0 Å². The molecule has 0 amide bonds. The number of aliphatic hydroxyl groups excluding tert-OH is 1. The summed E-state index contributed by atoms with van der Waals surface area (Å²) in [5.74, 6) is 0. The van der Waals surface area contributed by atoms with E-state index < -0.39 is 0 Å². The Morgan fingerprint density at radius 2 is 1.56 bits per heavy atom. The summed E-state index contributed by atoms with van der Waals surface area (Å²) in [5, 5.41) is 9.90. The molecule has 1 heterocycles. The summed E-state index contributed by atoms with van der Waals surface area (Å²) in [6.45, 7) is 0. The molecule has 3 nitrogen and oxygen atoms in total. The third-order valence-electron chi connectivity index (χ3n) is 2.40. The van der Waals surface area contributed by atoms with Gasteiger partial charge >= 0.3 is 0 Å².